The summed E-state index contributed by atoms with van der Waals surface area (Å²) in [5.41, 5.74) is 2.21. The van der Waals surface area contributed by atoms with E-state index >= 15 is 0 Å². The highest BCUT2D eigenvalue weighted by molar-refractivity contribution is 7.90. The molecule has 2 aliphatic rings. The first-order chi connectivity index (χ1) is 18.2. The van der Waals surface area contributed by atoms with Crippen molar-refractivity contribution < 1.29 is 32.2 Å². The van der Waals surface area contributed by atoms with Crippen LogP contribution in [0.25, 0.3) is 6.08 Å². The van der Waals surface area contributed by atoms with Gasteiger partial charge in [0.1, 0.15) is 23.4 Å². The van der Waals surface area contributed by atoms with E-state index in [2.05, 4.69) is 21.4 Å². The number of carbonyl (C=O) groups is 2. The number of sulfonamides is 1. The van der Waals surface area contributed by atoms with Crippen LogP contribution in [0.2, 0.25) is 0 Å². The van der Waals surface area contributed by atoms with Gasteiger partial charge in [-0.25, -0.2) is 32.7 Å². The van der Waals surface area contributed by atoms with Crippen LogP contribution in [0.3, 0.4) is 0 Å². The molecule has 0 bridgehead atoms. The van der Waals surface area contributed by atoms with Gasteiger partial charge in [-0.15, -0.1) is 0 Å². The number of hydrogen-bond donors (Lipinski definition) is 2. The zero-order valence-electron chi connectivity index (χ0n) is 20.7. The van der Waals surface area contributed by atoms with Crippen LogP contribution in [0.4, 0.5) is 10.7 Å². The third-order valence-corrected chi connectivity index (χ3v) is 6.65. The maximum absolute atomic E-state index is 12.6. The van der Waals surface area contributed by atoms with Crippen LogP contribution in [-0.4, -0.2) is 56.3 Å². The van der Waals surface area contributed by atoms with Crippen LogP contribution in [0.15, 0.2) is 65.6 Å². The van der Waals surface area contributed by atoms with Gasteiger partial charge in [0.25, 0.3) is 10.0 Å². The molecule has 2 aromatic carbocycles. The summed E-state index contributed by atoms with van der Waals surface area (Å²) in [6, 6.07) is 14.1. The molecule has 3 aromatic rings. The highest BCUT2D eigenvalue weighted by atomic mass is 32.2. The van der Waals surface area contributed by atoms with Crippen LogP contribution in [0.5, 0.6) is 5.75 Å². The normalized spacial score (nSPS) is 14.1. The summed E-state index contributed by atoms with van der Waals surface area (Å²) in [5.74, 6) is 0.139. The van der Waals surface area contributed by atoms with Crippen molar-refractivity contribution in [3.8, 4) is 5.75 Å². The van der Waals surface area contributed by atoms with Crippen molar-refractivity contribution in [3.63, 3.8) is 0 Å². The fourth-order valence-corrected chi connectivity index (χ4v) is 4.62. The summed E-state index contributed by atoms with van der Waals surface area (Å²) in [5, 5.41) is 2.26. The smallest absolute Gasteiger partial charge is 0.339 e. The number of hydrogen-bond acceptors (Lipinski definition) is 9. The molecule has 5 rings (SSSR count). The van der Waals surface area contributed by atoms with Crippen molar-refractivity contribution in [2.24, 2.45) is 0 Å². The van der Waals surface area contributed by atoms with Crippen molar-refractivity contribution >= 4 is 34.0 Å². The zero-order valence-corrected chi connectivity index (χ0v) is 21.5. The number of urea groups is 1. The first-order valence-corrected chi connectivity index (χ1v) is 13.1. The first kappa shape index (κ1) is 26.8. The molecule has 2 aliphatic heterocycles. The SMILES string of the molecule is C1=Cc2ccccc2OC1.Cc1cc(C)nc(NC(=O)NS(=O)(=O)c2ccccc2C(=O)OC2COC2)n1. The summed E-state index contributed by atoms with van der Waals surface area (Å²) in [6.45, 7) is 4.65. The van der Waals surface area contributed by atoms with E-state index in [1.54, 1.807) is 19.9 Å². The second-order valence-electron chi connectivity index (χ2n) is 8.35. The molecule has 1 saturated heterocycles. The lowest BCUT2D eigenvalue weighted by molar-refractivity contribution is -0.103. The lowest BCUT2D eigenvalue weighted by Gasteiger charge is -2.25. The van der Waals surface area contributed by atoms with Gasteiger partial charge in [0.2, 0.25) is 5.95 Å². The summed E-state index contributed by atoms with van der Waals surface area (Å²) in [4.78, 5) is 32.0. The highest BCUT2D eigenvalue weighted by Crippen LogP contribution is 2.22. The van der Waals surface area contributed by atoms with Crippen molar-refractivity contribution in [1.29, 1.82) is 0 Å². The molecular formula is C26H26N4O7S. The van der Waals surface area contributed by atoms with Crippen molar-refractivity contribution in [2.45, 2.75) is 24.8 Å². The van der Waals surface area contributed by atoms with E-state index in [1.165, 1.54) is 29.8 Å². The number of nitrogens with one attached hydrogen (secondary N) is 2. The molecular weight excluding hydrogens is 512 g/mol. The molecule has 0 aliphatic carbocycles. The number of aryl methyl sites for hydroxylation is 2. The Balaban J connectivity index is 0.000000278. The van der Waals surface area contributed by atoms with Gasteiger partial charge in [0.05, 0.1) is 18.8 Å². The number of nitrogens with zero attached hydrogens (tertiary/aromatic N) is 2. The predicted molar refractivity (Wildman–Crippen MR) is 138 cm³/mol. The van der Waals surface area contributed by atoms with Crippen LogP contribution < -0.4 is 14.8 Å². The number of rotatable bonds is 5. The Kier molecular flexibility index (Phi) is 8.34. The van der Waals surface area contributed by atoms with E-state index in [1.807, 2.05) is 35.1 Å². The van der Waals surface area contributed by atoms with Gasteiger partial charge in [0, 0.05) is 17.0 Å². The topological polar surface area (TPSA) is 146 Å². The maximum Gasteiger partial charge on any atom is 0.339 e. The predicted octanol–water partition coefficient (Wildman–Crippen LogP) is 3.25. The number of fused-ring (bicyclic) bond motifs is 1. The molecule has 0 spiro atoms. The monoisotopic (exact) mass is 538 g/mol. The summed E-state index contributed by atoms with van der Waals surface area (Å²) in [6.07, 6.45) is 3.68. The standard InChI is InChI=1S/C17H18N4O6S.C9H8O/c1-10-7-11(2)19-16(18-10)20-17(23)21-28(24,25)14-6-4-3-5-13(14)15(22)27-12-8-26-9-12;1-2-6-9-8(4-1)5-3-7-10-9/h3-7,12H,8-9H2,1-2H3,(H2,18,19,20,21,23);1-6H,7H2. The Morgan fingerprint density at radius 1 is 1.00 bits per heavy atom. The molecule has 11 nitrogen and oxygen atoms in total. The molecule has 2 amide bonds. The van der Waals surface area contributed by atoms with Crippen LogP contribution in [0, 0.1) is 13.8 Å². The second kappa shape index (κ2) is 11.8. The summed E-state index contributed by atoms with van der Waals surface area (Å²) >= 11 is 0. The third-order valence-electron chi connectivity index (χ3n) is 5.26. The minimum Gasteiger partial charge on any atom is -0.489 e. The molecule has 0 saturated carbocycles. The maximum atomic E-state index is 12.6. The Bertz CT molecular complexity index is 1450. The van der Waals surface area contributed by atoms with E-state index in [0.717, 1.165) is 5.75 Å². The molecule has 38 heavy (non-hydrogen) atoms. The average molecular weight is 539 g/mol. The number of ether oxygens (including phenoxy) is 3. The first-order valence-electron chi connectivity index (χ1n) is 11.6. The van der Waals surface area contributed by atoms with E-state index in [9.17, 15) is 18.0 Å². The lowest BCUT2D eigenvalue weighted by atomic mass is 10.1. The molecule has 0 unspecified atom stereocenters. The van der Waals surface area contributed by atoms with Crippen molar-refractivity contribution in [1.82, 2.24) is 14.7 Å². The van der Waals surface area contributed by atoms with Gasteiger partial charge in [-0.05, 0) is 44.2 Å². The lowest BCUT2D eigenvalue weighted by Crippen LogP contribution is -2.39. The minimum atomic E-state index is -4.35. The van der Waals surface area contributed by atoms with E-state index < -0.39 is 28.1 Å². The van der Waals surface area contributed by atoms with Gasteiger partial charge in [-0.3, -0.25) is 5.32 Å². The number of aromatic nitrogens is 2. The van der Waals surface area contributed by atoms with Crippen molar-refractivity contribution in [2.75, 3.05) is 25.1 Å². The van der Waals surface area contributed by atoms with Gasteiger partial charge in [-0.2, -0.15) is 0 Å². The van der Waals surface area contributed by atoms with Crippen LogP contribution in [-0.2, 0) is 19.5 Å². The van der Waals surface area contributed by atoms with Gasteiger partial charge in [-0.1, -0.05) is 36.4 Å². The molecule has 0 radical (unpaired) electrons. The largest absolute Gasteiger partial charge is 0.489 e. The van der Waals surface area contributed by atoms with E-state index in [0.29, 0.717) is 18.0 Å². The van der Waals surface area contributed by atoms with E-state index in [4.69, 9.17) is 14.2 Å². The summed E-state index contributed by atoms with van der Waals surface area (Å²) in [7, 11) is -4.35. The highest BCUT2D eigenvalue weighted by Gasteiger charge is 2.29. The molecule has 3 heterocycles. The van der Waals surface area contributed by atoms with E-state index in [-0.39, 0.29) is 29.6 Å². The Hall–Kier alpha value is -4.29. The van der Waals surface area contributed by atoms with Gasteiger partial charge >= 0.3 is 12.0 Å². The molecule has 1 fully saturated rings. The summed E-state index contributed by atoms with van der Waals surface area (Å²) < 4.78 is 42.5. The Morgan fingerprint density at radius 2 is 1.68 bits per heavy atom. The quantitative estimate of drug-likeness (QED) is 0.467. The average Bonchev–Trinajstić information content (AvgIpc) is 2.85. The molecule has 0 atom stereocenters. The fraction of sp³-hybridized carbons (Fsp3) is 0.231. The van der Waals surface area contributed by atoms with Crippen LogP contribution in [0.1, 0.15) is 27.3 Å². The number of para-hydroxylation sites is 1. The molecule has 2 N–H and O–H groups in total. The van der Waals surface area contributed by atoms with Crippen molar-refractivity contribution in [3.05, 3.63) is 83.2 Å². The van der Waals surface area contributed by atoms with Gasteiger partial charge in [0.15, 0.2) is 0 Å². The number of esters is 1. The zero-order chi connectivity index (χ0) is 27.1. The fourth-order valence-electron chi connectivity index (χ4n) is 3.52. The third kappa shape index (κ3) is 6.93. The molecule has 198 valence electrons. The molecule has 1 aromatic heterocycles. The van der Waals surface area contributed by atoms with Crippen LogP contribution >= 0.6 is 0 Å². The Labute approximate surface area is 219 Å². The number of carbonyl (C=O) groups excluding carboxylic acids is 2. The minimum absolute atomic E-state index is 0.0390. The number of benzene rings is 2. The molecule has 12 heteroatoms. The number of amides is 2. The second-order valence-corrected chi connectivity index (χ2v) is 10.00. The van der Waals surface area contributed by atoms with Gasteiger partial charge < -0.3 is 14.2 Å². The number of anilines is 1. The Morgan fingerprint density at radius 3 is 2.37 bits per heavy atom.